The first-order valence-electron chi connectivity index (χ1n) is 5.80. The van der Waals surface area contributed by atoms with Crippen molar-refractivity contribution in [1.82, 2.24) is 0 Å². The molecule has 0 saturated carbocycles. The van der Waals surface area contributed by atoms with Crippen LogP contribution in [0, 0.1) is 0 Å². The molecule has 0 heterocycles. The molecule has 0 aromatic heterocycles. The molecular weight excluding hydrogens is 176 g/mol. The molecule has 0 fully saturated rings. The Morgan fingerprint density at radius 1 is 1.07 bits per heavy atom. The molecule has 0 aliphatic rings. The summed E-state index contributed by atoms with van der Waals surface area (Å²) in [6.07, 6.45) is 5.64. The van der Waals surface area contributed by atoms with Gasteiger partial charge in [-0.3, -0.25) is 0 Å². The number of rotatable bonds is 8. The van der Waals surface area contributed by atoms with Gasteiger partial charge in [-0.15, -0.1) is 0 Å². The van der Waals surface area contributed by atoms with Crippen molar-refractivity contribution in [2.24, 2.45) is 0 Å². The van der Waals surface area contributed by atoms with Gasteiger partial charge in [0, 0.05) is 7.11 Å². The molecule has 0 bridgehead atoms. The van der Waals surface area contributed by atoms with Crippen LogP contribution in [-0.2, 0) is 9.47 Å². The van der Waals surface area contributed by atoms with Gasteiger partial charge in [-0.2, -0.15) is 0 Å². The monoisotopic (exact) mass is 202 g/mol. The Hall–Kier alpha value is -0.0800. The van der Waals surface area contributed by atoms with Crippen LogP contribution in [0.3, 0.4) is 0 Å². The number of ether oxygens (including phenoxy) is 2. The minimum atomic E-state index is 0.205. The van der Waals surface area contributed by atoms with Gasteiger partial charge in [-0.25, -0.2) is 0 Å². The highest BCUT2D eigenvalue weighted by atomic mass is 16.5. The average Bonchev–Trinajstić information content (AvgIpc) is 2.11. The molecule has 14 heavy (non-hydrogen) atoms. The van der Waals surface area contributed by atoms with E-state index in [1.807, 2.05) is 0 Å². The van der Waals surface area contributed by atoms with Crippen molar-refractivity contribution >= 4 is 0 Å². The van der Waals surface area contributed by atoms with Crippen molar-refractivity contribution in [2.75, 3.05) is 7.11 Å². The molecule has 0 N–H and O–H groups in total. The Labute approximate surface area is 89.0 Å². The number of unbranched alkanes of at least 4 members (excludes halogenated alkanes) is 2. The predicted molar refractivity (Wildman–Crippen MR) is 60.6 cm³/mol. The fourth-order valence-corrected chi connectivity index (χ4v) is 1.66. The number of hydrogen-bond donors (Lipinski definition) is 0. The molecule has 0 spiro atoms. The molecule has 0 rings (SSSR count). The number of methoxy groups -OCH3 is 1. The van der Waals surface area contributed by atoms with Crippen molar-refractivity contribution in [3.05, 3.63) is 0 Å². The lowest BCUT2D eigenvalue weighted by molar-refractivity contribution is -0.0736. The van der Waals surface area contributed by atoms with Crippen LogP contribution in [0.5, 0.6) is 0 Å². The summed E-state index contributed by atoms with van der Waals surface area (Å²) in [5, 5.41) is 0. The molecule has 0 aromatic rings. The Kier molecular flexibility index (Phi) is 8.20. The molecule has 0 amide bonds. The molecule has 0 saturated heterocycles. The van der Waals surface area contributed by atoms with E-state index in [-0.39, 0.29) is 18.3 Å². The zero-order chi connectivity index (χ0) is 11.0. The third kappa shape index (κ3) is 6.39. The lowest BCUT2D eigenvalue weighted by Gasteiger charge is -2.24. The van der Waals surface area contributed by atoms with Gasteiger partial charge < -0.3 is 9.47 Å². The Morgan fingerprint density at radius 2 is 1.71 bits per heavy atom. The first kappa shape index (κ1) is 13.9. The maximum atomic E-state index is 5.71. The van der Waals surface area contributed by atoms with E-state index in [1.165, 1.54) is 19.3 Å². The van der Waals surface area contributed by atoms with Crippen molar-refractivity contribution in [3.63, 3.8) is 0 Å². The highest BCUT2D eigenvalue weighted by Gasteiger charge is 2.17. The summed E-state index contributed by atoms with van der Waals surface area (Å²) in [6, 6.07) is 0. The topological polar surface area (TPSA) is 18.5 Å². The zero-order valence-corrected chi connectivity index (χ0v) is 10.4. The molecule has 86 valence electrons. The van der Waals surface area contributed by atoms with Crippen LogP contribution in [0.15, 0.2) is 0 Å². The highest BCUT2D eigenvalue weighted by molar-refractivity contribution is 4.66. The zero-order valence-electron chi connectivity index (χ0n) is 10.4. The summed E-state index contributed by atoms with van der Waals surface area (Å²) in [7, 11) is 1.77. The average molecular weight is 202 g/mol. The maximum absolute atomic E-state index is 5.71. The van der Waals surface area contributed by atoms with E-state index in [0.29, 0.717) is 0 Å². The van der Waals surface area contributed by atoms with Gasteiger partial charge in [0.05, 0.1) is 18.3 Å². The van der Waals surface area contributed by atoms with Crippen molar-refractivity contribution in [1.29, 1.82) is 0 Å². The Bertz CT molecular complexity index is 123. The van der Waals surface area contributed by atoms with Gasteiger partial charge in [0.1, 0.15) is 0 Å². The number of hydrogen-bond acceptors (Lipinski definition) is 2. The molecule has 2 unspecified atom stereocenters. The van der Waals surface area contributed by atoms with Gasteiger partial charge in [-0.05, 0) is 27.2 Å². The molecule has 0 radical (unpaired) electrons. The van der Waals surface area contributed by atoms with Gasteiger partial charge in [-0.1, -0.05) is 26.2 Å². The summed E-state index contributed by atoms with van der Waals surface area (Å²) in [5.41, 5.74) is 0. The van der Waals surface area contributed by atoms with Crippen LogP contribution in [0.25, 0.3) is 0 Å². The van der Waals surface area contributed by atoms with Crippen molar-refractivity contribution in [2.45, 2.75) is 71.7 Å². The highest BCUT2D eigenvalue weighted by Crippen LogP contribution is 2.13. The lowest BCUT2D eigenvalue weighted by atomic mass is 10.1. The molecular formula is C12H26O2. The summed E-state index contributed by atoms with van der Waals surface area (Å²) in [4.78, 5) is 0. The van der Waals surface area contributed by atoms with E-state index in [2.05, 4.69) is 27.7 Å². The van der Waals surface area contributed by atoms with E-state index in [0.717, 1.165) is 6.42 Å². The Morgan fingerprint density at radius 3 is 2.14 bits per heavy atom. The standard InChI is InChI=1S/C12H26O2/c1-6-7-8-9-12(13-5)11(4)14-10(2)3/h10-12H,6-9H2,1-5H3. The van der Waals surface area contributed by atoms with Crippen molar-refractivity contribution < 1.29 is 9.47 Å². The minimum Gasteiger partial charge on any atom is -0.379 e. The first-order chi connectivity index (χ1) is 6.61. The first-order valence-corrected chi connectivity index (χ1v) is 5.80. The molecule has 0 aromatic carbocycles. The third-order valence-electron chi connectivity index (χ3n) is 2.41. The molecule has 2 atom stereocenters. The van der Waals surface area contributed by atoms with Gasteiger partial charge in [0.2, 0.25) is 0 Å². The second-order valence-corrected chi connectivity index (χ2v) is 4.16. The van der Waals surface area contributed by atoms with E-state index in [1.54, 1.807) is 7.11 Å². The molecule has 0 aliphatic heterocycles. The van der Waals surface area contributed by atoms with Gasteiger partial charge in [0.15, 0.2) is 0 Å². The van der Waals surface area contributed by atoms with Crippen LogP contribution in [0.1, 0.15) is 53.4 Å². The second kappa shape index (κ2) is 8.25. The summed E-state index contributed by atoms with van der Waals surface area (Å²) < 4.78 is 11.1. The molecule has 2 nitrogen and oxygen atoms in total. The maximum Gasteiger partial charge on any atom is 0.0830 e. The lowest BCUT2D eigenvalue weighted by Crippen LogP contribution is -2.30. The van der Waals surface area contributed by atoms with Crippen molar-refractivity contribution in [3.8, 4) is 0 Å². The Balaban J connectivity index is 3.74. The van der Waals surface area contributed by atoms with Crippen LogP contribution < -0.4 is 0 Å². The largest absolute Gasteiger partial charge is 0.379 e. The van der Waals surface area contributed by atoms with Crippen LogP contribution in [-0.4, -0.2) is 25.4 Å². The smallest absolute Gasteiger partial charge is 0.0830 e. The van der Waals surface area contributed by atoms with Gasteiger partial charge in [0.25, 0.3) is 0 Å². The molecule has 2 heteroatoms. The SMILES string of the molecule is CCCCCC(OC)C(C)OC(C)C. The van der Waals surface area contributed by atoms with Crippen LogP contribution >= 0.6 is 0 Å². The van der Waals surface area contributed by atoms with Crippen LogP contribution in [0.4, 0.5) is 0 Å². The normalized spacial score (nSPS) is 15.9. The van der Waals surface area contributed by atoms with E-state index in [9.17, 15) is 0 Å². The summed E-state index contributed by atoms with van der Waals surface area (Å²) in [5.74, 6) is 0. The van der Waals surface area contributed by atoms with E-state index in [4.69, 9.17) is 9.47 Å². The van der Waals surface area contributed by atoms with E-state index < -0.39 is 0 Å². The predicted octanol–water partition coefficient (Wildman–Crippen LogP) is 3.40. The van der Waals surface area contributed by atoms with Crippen LogP contribution in [0.2, 0.25) is 0 Å². The second-order valence-electron chi connectivity index (χ2n) is 4.16. The molecule has 0 aliphatic carbocycles. The fraction of sp³-hybridized carbons (Fsp3) is 1.00. The quantitative estimate of drug-likeness (QED) is 0.562. The third-order valence-corrected chi connectivity index (χ3v) is 2.41. The van der Waals surface area contributed by atoms with E-state index >= 15 is 0 Å². The fourth-order valence-electron chi connectivity index (χ4n) is 1.66. The summed E-state index contributed by atoms with van der Waals surface area (Å²) in [6.45, 7) is 8.44. The summed E-state index contributed by atoms with van der Waals surface area (Å²) >= 11 is 0. The minimum absolute atomic E-state index is 0.205. The van der Waals surface area contributed by atoms with Gasteiger partial charge >= 0.3 is 0 Å².